The molecule has 1 saturated carbocycles. The lowest BCUT2D eigenvalue weighted by Crippen LogP contribution is -2.13. The number of aryl methyl sites for hydroxylation is 1. The van der Waals surface area contributed by atoms with Crippen LogP contribution in [0.15, 0.2) is 18.2 Å². The predicted octanol–water partition coefficient (Wildman–Crippen LogP) is 8.59. The van der Waals surface area contributed by atoms with E-state index in [4.69, 9.17) is 4.74 Å². The molecule has 0 aromatic heterocycles. The molecule has 2 rings (SSSR count). The molecule has 0 N–H and O–H groups in total. The minimum atomic E-state index is 0.777. The fraction of sp³-hybridized carbons (Fsp3) is 0.769. The summed E-state index contributed by atoms with van der Waals surface area (Å²) >= 11 is 0. The van der Waals surface area contributed by atoms with E-state index in [2.05, 4.69) is 39.0 Å². The van der Waals surface area contributed by atoms with Gasteiger partial charge in [-0.2, -0.15) is 0 Å². The Balaban J connectivity index is 1.70. The lowest BCUT2D eigenvalue weighted by Gasteiger charge is -2.29. The number of hydrogen-bond donors (Lipinski definition) is 0. The molecule has 1 heteroatoms. The lowest BCUT2D eigenvalue weighted by atomic mass is 9.77. The maximum atomic E-state index is 6.06. The van der Waals surface area contributed by atoms with Gasteiger partial charge in [0.2, 0.25) is 0 Å². The van der Waals surface area contributed by atoms with Crippen LogP contribution in [0.1, 0.15) is 121 Å². The van der Waals surface area contributed by atoms with Crippen LogP contribution in [-0.4, -0.2) is 6.61 Å². The van der Waals surface area contributed by atoms with Gasteiger partial charge in [0.1, 0.15) is 5.75 Å². The molecule has 1 fully saturated rings. The molecule has 1 aromatic rings. The van der Waals surface area contributed by atoms with Crippen molar-refractivity contribution in [3.63, 3.8) is 0 Å². The first-order valence-corrected chi connectivity index (χ1v) is 12.0. The highest BCUT2D eigenvalue weighted by Crippen LogP contribution is 2.38. The minimum absolute atomic E-state index is 0.777. The zero-order chi connectivity index (χ0) is 19.3. The van der Waals surface area contributed by atoms with Crippen molar-refractivity contribution in [1.29, 1.82) is 0 Å². The third kappa shape index (κ3) is 8.28. The first-order chi connectivity index (χ1) is 13.2. The second-order valence-electron chi connectivity index (χ2n) is 8.85. The second-order valence-corrected chi connectivity index (χ2v) is 8.85. The van der Waals surface area contributed by atoms with Gasteiger partial charge in [-0.3, -0.25) is 0 Å². The first kappa shape index (κ1) is 22.3. The van der Waals surface area contributed by atoms with Gasteiger partial charge in [-0.15, -0.1) is 0 Å². The highest BCUT2D eigenvalue weighted by Gasteiger charge is 2.22. The summed E-state index contributed by atoms with van der Waals surface area (Å²) in [7, 11) is 0. The first-order valence-electron chi connectivity index (χ1n) is 12.0. The number of rotatable bonds is 13. The molecule has 0 radical (unpaired) electrons. The van der Waals surface area contributed by atoms with Crippen LogP contribution in [0.2, 0.25) is 0 Å². The van der Waals surface area contributed by atoms with Crippen LogP contribution in [0.5, 0.6) is 5.75 Å². The summed E-state index contributed by atoms with van der Waals surface area (Å²) in [4.78, 5) is 0. The van der Waals surface area contributed by atoms with Gasteiger partial charge < -0.3 is 4.74 Å². The van der Waals surface area contributed by atoms with Crippen molar-refractivity contribution in [2.75, 3.05) is 6.61 Å². The van der Waals surface area contributed by atoms with Crippen molar-refractivity contribution >= 4 is 0 Å². The van der Waals surface area contributed by atoms with Crippen molar-refractivity contribution in [2.45, 2.75) is 117 Å². The molecule has 0 bridgehead atoms. The van der Waals surface area contributed by atoms with E-state index in [1.165, 1.54) is 95.5 Å². The third-order valence-corrected chi connectivity index (χ3v) is 6.49. The monoisotopic (exact) mass is 372 g/mol. The van der Waals surface area contributed by atoms with E-state index in [-0.39, 0.29) is 0 Å². The van der Waals surface area contributed by atoms with E-state index in [0.29, 0.717) is 0 Å². The zero-order valence-electron chi connectivity index (χ0n) is 18.4. The fourth-order valence-corrected chi connectivity index (χ4v) is 4.62. The quantitative estimate of drug-likeness (QED) is 0.315. The van der Waals surface area contributed by atoms with Gasteiger partial charge in [0.05, 0.1) is 6.61 Å². The van der Waals surface area contributed by atoms with Gasteiger partial charge in [0.15, 0.2) is 0 Å². The largest absolute Gasteiger partial charge is 0.493 e. The molecule has 0 spiro atoms. The van der Waals surface area contributed by atoms with Gasteiger partial charge in [0, 0.05) is 0 Å². The molecule has 0 heterocycles. The van der Waals surface area contributed by atoms with Gasteiger partial charge in [-0.05, 0) is 68.1 Å². The predicted molar refractivity (Wildman–Crippen MR) is 119 cm³/mol. The van der Waals surface area contributed by atoms with Crippen molar-refractivity contribution in [3.05, 3.63) is 29.3 Å². The summed E-state index contributed by atoms with van der Waals surface area (Å²) in [5.41, 5.74) is 2.87. The Labute approximate surface area is 169 Å². The van der Waals surface area contributed by atoms with E-state index < -0.39 is 0 Å². The number of hydrogen-bond acceptors (Lipinski definition) is 1. The van der Waals surface area contributed by atoms with Crippen LogP contribution in [0, 0.1) is 12.8 Å². The van der Waals surface area contributed by atoms with Gasteiger partial charge >= 0.3 is 0 Å². The Morgan fingerprint density at radius 1 is 0.815 bits per heavy atom. The maximum Gasteiger partial charge on any atom is 0.122 e. The van der Waals surface area contributed by atoms with Crippen molar-refractivity contribution in [2.24, 2.45) is 5.92 Å². The smallest absolute Gasteiger partial charge is 0.122 e. The van der Waals surface area contributed by atoms with Crippen molar-refractivity contribution < 1.29 is 4.74 Å². The average molecular weight is 373 g/mol. The van der Waals surface area contributed by atoms with Crippen LogP contribution in [0.3, 0.4) is 0 Å². The molecule has 27 heavy (non-hydrogen) atoms. The van der Waals surface area contributed by atoms with Crippen LogP contribution >= 0.6 is 0 Å². The summed E-state index contributed by atoms with van der Waals surface area (Å²) in [6.07, 6.45) is 19.2. The van der Waals surface area contributed by atoms with Gasteiger partial charge in [-0.25, -0.2) is 0 Å². The molecular formula is C26H44O. The standard InChI is InChI=1S/C26H44O/c1-4-6-8-9-10-12-20-27-26-19-18-25(21-22(26)3)24-16-14-23(15-17-24)13-11-7-5-2/h18-19,21,23-24H,4-17,20H2,1-3H3/t23-,24-. The topological polar surface area (TPSA) is 9.23 Å². The third-order valence-electron chi connectivity index (χ3n) is 6.49. The Hall–Kier alpha value is -0.980. The summed E-state index contributed by atoms with van der Waals surface area (Å²) in [6.45, 7) is 7.67. The normalized spacial score (nSPS) is 20.0. The highest BCUT2D eigenvalue weighted by atomic mass is 16.5. The summed E-state index contributed by atoms with van der Waals surface area (Å²) in [5.74, 6) is 2.87. The molecule has 154 valence electrons. The van der Waals surface area contributed by atoms with E-state index >= 15 is 0 Å². The summed E-state index contributed by atoms with van der Waals surface area (Å²) < 4.78 is 6.06. The summed E-state index contributed by atoms with van der Waals surface area (Å²) in [5, 5.41) is 0. The Morgan fingerprint density at radius 2 is 1.48 bits per heavy atom. The summed E-state index contributed by atoms with van der Waals surface area (Å²) in [6, 6.07) is 6.97. The molecule has 1 aromatic carbocycles. The number of ether oxygens (including phenoxy) is 1. The van der Waals surface area contributed by atoms with E-state index in [1.54, 1.807) is 5.56 Å². The van der Waals surface area contributed by atoms with Crippen LogP contribution in [0.4, 0.5) is 0 Å². The van der Waals surface area contributed by atoms with E-state index in [1.807, 2.05) is 0 Å². The Kier molecular flexibility index (Phi) is 10.9. The second kappa shape index (κ2) is 13.2. The molecule has 1 aliphatic rings. The SMILES string of the molecule is CCCCCCCCOc1ccc([C@H]2CC[C@H](CCCCC)CC2)cc1C. The van der Waals surface area contributed by atoms with E-state index in [9.17, 15) is 0 Å². The molecule has 1 aliphatic carbocycles. The molecule has 0 amide bonds. The van der Waals surface area contributed by atoms with Crippen LogP contribution < -0.4 is 4.74 Å². The van der Waals surface area contributed by atoms with Crippen LogP contribution in [-0.2, 0) is 0 Å². The molecule has 0 aliphatic heterocycles. The Morgan fingerprint density at radius 3 is 2.19 bits per heavy atom. The van der Waals surface area contributed by atoms with Gasteiger partial charge in [0.25, 0.3) is 0 Å². The molecule has 1 nitrogen and oxygen atoms in total. The fourth-order valence-electron chi connectivity index (χ4n) is 4.62. The lowest BCUT2D eigenvalue weighted by molar-refractivity contribution is 0.298. The highest BCUT2D eigenvalue weighted by molar-refractivity contribution is 5.37. The number of benzene rings is 1. The molecule has 0 saturated heterocycles. The van der Waals surface area contributed by atoms with Gasteiger partial charge in [-0.1, -0.05) is 83.8 Å². The van der Waals surface area contributed by atoms with Crippen molar-refractivity contribution in [3.8, 4) is 5.75 Å². The Bertz CT molecular complexity index is 499. The van der Waals surface area contributed by atoms with Crippen LogP contribution in [0.25, 0.3) is 0 Å². The molecule has 0 atom stereocenters. The average Bonchev–Trinajstić information content (AvgIpc) is 2.69. The van der Waals surface area contributed by atoms with Crippen molar-refractivity contribution in [1.82, 2.24) is 0 Å². The molecule has 0 unspecified atom stereocenters. The molecular weight excluding hydrogens is 328 g/mol. The van der Waals surface area contributed by atoms with E-state index in [0.717, 1.165) is 24.2 Å². The zero-order valence-corrected chi connectivity index (χ0v) is 18.4. The minimum Gasteiger partial charge on any atom is -0.493 e. The maximum absolute atomic E-state index is 6.06. The number of unbranched alkanes of at least 4 members (excludes halogenated alkanes) is 7.